The molecule has 10 heteroatoms. The number of rotatable bonds is 8. The highest BCUT2D eigenvalue weighted by atomic mass is 127. The predicted octanol–water partition coefficient (Wildman–Crippen LogP) is 4.31. The lowest BCUT2D eigenvalue weighted by molar-refractivity contribution is -0.118. The van der Waals surface area contributed by atoms with Gasteiger partial charge in [0.05, 0.1) is 15.9 Å². The Labute approximate surface area is 220 Å². The number of halogens is 2. The van der Waals surface area contributed by atoms with Gasteiger partial charge in [-0.25, -0.2) is 9.40 Å². The fraction of sp³-hybridized carbons (Fsp3) is 0.115. The smallest absolute Gasteiger partial charge is 0.282 e. The van der Waals surface area contributed by atoms with Crippen molar-refractivity contribution < 1.29 is 28.2 Å². The number of carbonyl (C=O) groups is 3. The van der Waals surface area contributed by atoms with E-state index in [1.807, 2.05) is 28.7 Å². The minimum Gasteiger partial charge on any atom is -0.490 e. The van der Waals surface area contributed by atoms with Crippen LogP contribution in [0.4, 0.5) is 15.8 Å². The molecule has 8 nitrogen and oxygen atoms in total. The van der Waals surface area contributed by atoms with Crippen molar-refractivity contribution in [1.82, 2.24) is 5.43 Å². The maximum atomic E-state index is 13.3. The van der Waals surface area contributed by atoms with E-state index in [1.165, 1.54) is 29.3 Å². The molecule has 184 valence electrons. The van der Waals surface area contributed by atoms with Gasteiger partial charge >= 0.3 is 0 Å². The number of anilines is 2. The van der Waals surface area contributed by atoms with Crippen molar-refractivity contribution in [1.29, 1.82) is 0 Å². The second-order valence-electron chi connectivity index (χ2n) is 7.59. The molecule has 0 aromatic heterocycles. The molecule has 1 aliphatic heterocycles. The summed E-state index contributed by atoms with van der Waals surface area (Å²) in [5, 5.41) is 3.76. The van der Waals surface area contributed by atoms with Crippen LogP contribution in [-0.2, 0) is 14.4 Å². The molecule has 1 heterocycles. The number of benzene rings is 3. The van der Waals surface area contributed by atoms with Crippen LogP contribution in [0, 0.1) is 9.39 Å². The SMILES string of the molecule is CCOc1cc(/C=C2/C(=O)NN(c3ccccc3)C2=O)cc(I)c1OCC(=O)Nc1cccc(F)c1. The van der Waals surface area contributed by atoms with Gasteiger partial charge in [-0.3, -0.25) is 19.8 Å². The van der Waals surface area contributed by atoms with Crippen LogP contribution in [0.1, 0.15) is 12.5 Å². The summed E-state index contributed by atoms with van der Waals surface area (Å²) in [6, 6.07) is 17.7. The zero-order valence-electron chi connectivity index (χ0n) is 19.1. The van der Waals surface area contributed by atoms with Gasteiger partial charge in [-0.15, -0.1) is 0 Å². The Balaban J connectivity index is 1.53. The quantitative estimate of drug-likeness (QED) is 0.228. The molecule has 3 aromatic carbocycles. The van der Waals surface area contributed by atoms with E-state index >= 15 is 0 Å². The number of nitrogens with one attached hydrogen (secondary N) is 2. The van der Waals surface area contributed by atoms with E-state index in [0.717, 1.165) is 0 Å². The van der Waals surface area contributed by atoms with E-state index in [1.54, 1.807) is 49.4 Å². The summed E-state index contributed by atoms with van der Waals surface area (Å²) >= 11 is 2.03. The Morgan fingerprint density at radius 2 is 1.86 bits per heavy atom. The largest absolute Gasteiger partial charge is 0.490 e. The summed E-state index contributed by atoms with van der Waals surface area (Å²) in [6.45, 7) is 1.78. The van der Waals surface area contributed by atoms with Crippen molar-refractivity contribution in [3.8, 4) is 11.5 Å². The van der Waals surface area contributed by atoms with Crippen LogP contribution in [0.5, 0.6) is 11.5 Å². The van der Waals surface area contributed by atoms with Crippen molar-refractivity contribution in [2.45, 2.75) is 6.92 Å². The summed E-state index contributed by atoms with van der Waals surface area (Å²) in [7, 11) is 0. The number of carbonyl (C=O) groups excluding carboxylic acids is 3. The van der Waals surface area contributed by atoms with E-state index < -0.39 is 23.5 Å². The highest BCUT2D eigenvalue weighted by molar-refractivity contribution is 14.1. The number of hydrogen-bond donors (Lipinski definition) is 2. The van der Waals surface area contributed by atoms with E-state index in [9.17, 15) is 18.8 Å². The number of para-hydroxylation sites is 1. The Hall–Kier alpha value is -3.93. The molecule has 1 saturated heterocycles. The first kappa shape index (κ1) is 25.2. The molecule has 0 spiro atoms. The lowest BCUT2D eigenvalue weighted by atomic mass is 10.1. The van der Waals surface area contributed by atoms with Crippen molar-refractivity contribution in [2.24, 2.45) is 0 Å². The first-order chi connectivity index (χ1) is 17.4. The van der Waals surface area contributed by atoms with E-state index in [2.05, 4.69) is 10.7 Å². The van der Waals surface area contributed by atoms with Crippen LogP contribution < -0.4 is 25.2 Å². The molecule has 0 atom stereocenters. The molecule has 3 amide bonds. The Morgan fingerprint density at radius 3 is 2.58 bits per heavy atom. The third-order valence-corrected chi connectivity index (χ3v) is 5.81. The first-order valence-corrected chi connectivity index (χ1v) is 12.0. The van der Waals surface area contributed by atoms with Crippen LogP contribution in [0.2, 0.25) is 0 Å². The Kier molecular flexibility index (Phi) is 7.84. The van der Waals surface area contributed by atoms with Crippen LogP contribution in [0.15, 0.2) is 72.3 Å². The number of hydrogen-bond acceptors (Lipinski definition) is 5. The lowest BCUT2D eigenvalue weighted by Gasteiger charge is -2.15. The molecule has 36 heavy (non-hydrogen) atoms. The van der Waals surface area contributed by atoms with E-state index in [0.29, 0.717) is 38.6 Å². The summed E-state index contributed by atoms with van der Waals surface area (Å²) in [4.78, 5) is 37.7. The number of nitrogens with zero attached hydrogens (tertiary/aromatic N) is 1. The second-order valence-corrected chi connectivity index (χ2v) is 8.75. The molecule has 0 radical (unpaired) electrons. The van der Waals surface area contributed by atoms with Gasteiger partial charge in [-0.05, 0) is 83.6 Å². The van der Waals surface area contributed by atoms with Crippen LogP contribution in [-0.4, -0.2) is 30.9 Å². The monoisotopic (exact) mass is 601 g/mol. The van der Waals surface area contributed by atoms with Crippen LogP contribution >= 0.6 is 22.6 Å². The minimum absolute atomic E-state index is 0.0276. The molecule has 1 fully saturated rings. The van der Waals surface area contributed by atoms with Gasteiger partial charge in [0, 0.05) is 5.69 Å². The van der Waals surface area contributed by atoms with Gasteiger partial charge < -0.3 is 14.8 Å². The van der Waals surface area contributed by atoms with Gasteiger partial charge in [-0.1, -0.05) is 24.3 Å². The highest BCUT2D eigenvalue weighted by Crippen LogP contribution is 2.35. The van der Waals surface area contributed by atoms with Crippen molar-refractivity contribution in [3.63, 3.8) is 0 Å². The summed E-state index contributed by atoms with van der Waals surface area (Å²) in [6.07, 6.45) is 1.48. The third-order valence-electron chi connectivity index (χ3n) is 5.00. The standard InChI is InChI=1S/C26H21FIN3O5/c1-2-35-22-13-16(11-20-25(33)30-31(26(20)34)19-9-4-3-5-10-19)12-21(28)24(22)36-15-23(32)29-18-8-6-7-17(27)14-18/h3-14H,2,15H2,1H3,(H,29,32)(H,30,33)/b20-11-. The van der Waals surface area contributed by atoms with Gasteiger partial charge in [0.15, 0.2) is 18.1 Å². The lowest BCUT2D eigenvalue weighted by Crippen LogP contribution is -2.35. The molecule has 3 aromatic rings. The van der Waals surface area contributed by atoms with E-state index in [-0.39, 0.29) is 12.2 Å². The second kappa shape index (κ2) is 11.2. The average molecular weight is 601 g/mol. The average Bonchev–Trinajstić information content (AvgIpc) is 3.12. The zero-order valence-corrected chi connectivity index (χ0v) is 21.2. The van der Waals surface area contributed by atoms with Crippen LogP contribution in [0.3, 0.4) is 0 Å². The topological polar surface area (TPSA) is 97.0 Å². The molecule has 0 aliphatic carbocycles. The van der Waals surface area contributed by atoms with Gasteiger partial charge in [-0.2, -0.15) is 0 Å². The highest BCUT2D eigenvalue weighted by Gasteiger charge is 2.34. The fourth-order valence-corrected chi connectivity index (χ4v) is 4.24. The molecule has 2 N–H and O–H groups in total. The van der Waals surface area contributed by atoms with Crippen molar-refractivity contribution >= 4 is 57.8 Å². The zero-order chi connectivity index (χ0) is 25.7. The number of amides is 3. The van der Waals surface area contributed by atoms with Crippen LogP contribution in [0.25, 0.3) is 6.08 Å². The van der Waals surface area contributed by atoms with Gasteiger partial charge in [0.25, 0.3) is 17.7 Å². The summed E-state index contributed by atoms with van der Waals surface area (Å²) in [5.41, 5.74) is 3.94. The van der Waals surface area contributed by atoms with Crippen molar-refractivity contribution in [2.75, 3.05) is 23.5 Å². The van der Waals surface area contributed by atoms with Crippen molar-refractivity contribution in [3.05, 3.63) is 87.3 Å². The number of hydrazine groups is 1. The summed E-state index contributed by atoms with van der Waals surface area (Å²) in [5.74, 6) is -1.26. The maximum Gasteiger partial charge on any atom is 0.282 e. The molecular weight excluding hydrogens is 580 g/mol. The summed E-state index contributed by atoms with van der Waals surface area (Å²) < 4.78 is 25.4. The van der Waals surface area contributed by atoms with Gasteiger partial charge in [0.1, 0.15) is 11.4 Å². The first-order valence-electron chi connectivity index (χ1n) is 10.9. The molecule has 4 rings (SSSR count). The Morgan fingerprint density at radius 1 is 1.08 bits per heavy atom. The maximum absolute atomic E-state index is 13.3. The molecular formula is C26H21FIN3O5. The van der Waals surface area contributed by atoms with Gasteiger partial charge in [0.2, 0.25) is 0 Å². The van der Waals surface area contributed by atoms with E-state index in [4.69, 9.17) is 9.47 Å². The Bertz CT molecular complexity index is 1350. The predicted molar refractivity (Wildman–Crippen MR) is 141 cm³/mol. The fourth-order valence-electron chi connectivity index (χ4n) is 3.46. The molecule has 0 bridgehead atoms. The normalized spacial score (nSPS) is 14.1. The molecule has 1 aliphatic rings. The minimum atomic E-state index is -0.522. The third kappa shape index (κ3) is 5.82. The number of ether oxygens (including phenoxy) is 2. The molecule has 0 unspecified atom stereocenters. The molecule has 0 saturated carbocycles.